The first-order chi connectivity index (χ1) is 5.63. The standard InChI is InChI=1S/C7H8NO2S2/c1-4-5(3-6(9)10)8-7(11-2)12-4/h2-3H2,1H3,(H,9,10). The van der Waals surface area contributed by atoms with Crippen molar-refractivity contribution in [2.45, 2.75) is 17.7 Å². The second-order valence-electron chi connectivity index (χ2n) is 2.20. The van der Waals surface area contributed by atoms with Crippen LogP contribution in [0.3, 0.4) is 0 Å². The third-order valence-electron chi connectivity index (χ3n) is 1.32. The second kappa shape index (κ2) is 3.91. The molecule has 0 unspecified atom stereocenters. The van der Waals surface area contributed by atoms with Crippen LogP contribution in [-0.4, -0.2) is 16.1 Å². The molecule has 12 heavy (non-hydrogen) atoms. The van der Waals surface area contributed by atoms with Gasteiger partial charge in [-0.05, 0) is 6.92 Å². The molecule has 1 rings (SSSR count). The predicted octanol–water partition coefficient (Wildman–Crippen LogP) is 1.96. The average molecular weight is 202 g/mol. The van der Waals surface area contributed by atoms with Crippen LogP contribution in [0.5, 0.6) is 0 Å². The van der Waals surface area contributed by atoms with Gasteiger partial charge in [-0.1, -0.05) is 11.8 Å². The Kier molecular flexibility index (Phi) is 3.11. The van der Waals surface area contributed by atoms with Crippen LogP contribution < -0.4 is 0 Å². The summed E-state index contributed by atoms with van der Waals surface area (Å²) in [5.74, 6) is -0.844. The van der Waals surface area contributed by atoms with Gasteiger partial charge in [0.15, 0.2) is 0 Å². The number of aromatic nitrogens is 1. The molecule has 0 aromatic carbocycles. The summed E-state index contributed by atoms with van der Waals surface area (Å²) in [6.45, 7) is 1.87. The van der Waals surface area contributed by atoms with E-state index in [9.17, 15) is 4.79 Å². The van der Waals surface area contributed by atoms with Gasteiger partial charge in [-0.15, -0.1) is 11.3 Å². The molecule has 0 saturated carbocycles. The molecule has 65 valence electrons. The van der Waals surface area contributed by atoms with Crippen LogP contribution in [0.1, 0.15) is 10.6 Å². The Morgan fingerprint density at radius 3 is 2.92 bits per heavy atom. The summed E-state index contributed by atoms with van der Waals surface area (Å²) in [5, 5.41) is 8.52. The largest absolute Gasteiger partial charge is 0.481 e. The summed E-state index contributed by atoms with van der Waals surface area (Å²) in [6, 6.07) is 0. The fourth-order valence-electron chi connectivity index (χ4n) is 0.771. The van der Waals surface area contributed by atoms with E-state index in [1.165, 1.54) is 23.1 Å². The highest BCUT2D eigenvalue weighted by molar-refractivity contribution is 8.02. The Morgan fingerprint density at radius 1 is 1.83 bits per heavy atom. The number of hydrogen-bond donors (Lipinski definition) is 1. The summed E-state index contributed by atoms with van der Waals surface area (Å²) in [4.78, 5) is 15.4. The van der Waals surface area contributed by atoms with Crippen LogP contribution in [-0.2, 0) is 11.2 Å². The quantitative estimate of drug-likeness (QED) is 0.761. The Morgan fingerprint density at radius 2 is 2.50 bits per heavy atom. The number of aliphatic carboxylic acids is 1. The maximum absolute atomic E-state index is 10.4. The topological polar surface area (TPSA) is 50.2 Å². The number of carbonyl (C=O) groups is 1. The van der Waals surface area contributed by atoms with Gasteiger partial charge in [0.05, 0.1) is 12.1 Å². The van der Waals surface area contributed by atoms with Gasteiger partial charge in [0.1, 0.15) is 4.34 Å². The molecule has 0 aliphatic carbocycles. The molecule has 0 bridgehead atoms. The molecule has 0 aliphatic rings. The molecule has 1 N–H and O–H groups in total. The van der Waals surface area contributed by atoms with E-state index in [0.29, 0.717) is 5.69 Å². The molecule has 1 aromatic heterocycles. The van der Waals surface area contributed by atoms with E-state index in [2.05, 4.69) is 11.2 Å². The summed E-state index contributed by atoms with van der Waals surface area (Å²) >= 11 is 2.78. The van der Waals surface area contributed by atoms with Crippen molar-refractivity contribution < 1.29 is 9.90 Å². The Hall–Kier alpha value is -0.550. The number of rotatable bonds is 3. The zero-order valence-electron chi connectivity index (χ0n) is 6.53. The third-order valence-corrected chi connectivity index (χ3v) is 3.06. The number of hydrogen-bond acceptors (Lipinski definition) is 4. The monoisotopic (exact) mass is 202 g/mol. The van der Waals surface area contributed by atoms with Gasteiger partial charge in [-0.25, -0.2) is 4.98 Å². The molecule has 1 heterocycles. The third kappa shape index (κ3) is 2.22. The van der Waals surface area contributed by atoms with Crippen LogP contribution in [0.2, 0.25) is 0 Å². The summed E-state index contributed by atoms with van der Waals surface area (Å²) in [6.07, 6.45) is 3.61. The first-order valence-electron chi connectivity index (χ1n) is 3.23. The number of carboxylic acid groups (broad SMARTS) is 1. The lowest BCUT2D eigenvalue weighted by atomic mass is 10.3. The van der Waals surface area contributed by atoms with Gasteiger partial charge in [0.25, 0.3) is 0 Å². The van der Waals surface area contributed by atoms with Crippen molar-refractivity contribution in [2.75, 3.05) is 0 Å². The molecule has 1 radical (unpaired) electrons. The molecule has 0 aliphatic heterocycles. The van der Waals surface area contributed by atoms with E-state index >= 15 is 0 Å². The van der Waals surface area contributed by atoms with Crippen molar-refractivity contribution in [3.63, 3.8) is 0 Å². The lowest BCUT2D eigenvalue weighted by molar-refractivity contribution is -0.136. The van der Waals surface area contributed by atoms with Gasteiger partial charge < -0.3 is 5.11 Å². The highest BCUT2D eigenvalue weighted by atomic mass is 32.2. The van der Waals surface area contributed by atoms with Crippen molar-refractivity contribution in [3.05, 3.63) is 16.8 Å². The van der Waals surface area contributed by atoms with Crippen LogP contribution in [0, 0.1) is 13.2 Å². The number of nitrogens with zero attached hydrogens (tertiary/aromatic N) is 1. The van der Waals surface area contributed by atoms with E-state index < -0.39 is 5.97 Å². The molecule has 0 spiro atoms. The van der Waals surface area contributed by atoms with E-state index in [1.54, 1.807) is 0 Å². The number of aryl methyl sites for hydroxylation is 1. The fourth-order valence-corrected chi connectivity index (χ4v) is 2.21. The lowest BCUT2D eigenvalue weighted by Gasteiger charge is -1.89. The van der Waals surface area contributed by atoms with Crippen molar-refractivity contribution in [3.8, 4) is 0 Å². The highest BCUT2D eigenvalue weighted by Crippen LogP contribution is 2.25. The van der Waals surface area contributed by atoms with Crippen LogP contribution >= 0.6 is 23.1 Å². The van der Waals surface area contributed by atoms with E-state index in [4.69, 9.17) is 5.11 Å². The maximum atomic E-state index is 10.4. The molecule has 3 nitrogen and oxygen atoms in total. The molecule has 0 amide bonds. The van der Waals surface area contributed by atoms with Crippen molar-refractivity contribution in [1.82, 2.24) is 4.98 Å². The van der Waals surface area contributed by atoms with Gasteiger partial charge in [-0.2, -0.15) is 0 Å². The average Bonchev–Trinajstić information content (AvgIpc) is 2.31. The first kappa shape index (κ1) is 9.54. The van der Waals surface area contributed by atoms with E-state index in [1.807, 2.05) is 6.92 Å². The molecule has 1 aromatic rings. The summed E-state index contributed by atoms with van der Waals surface area (Å²) in [5.41, 5.74) is 0.652. The van der Waals surface area contributed by atoms with Crippen molar-refractivity contribution >= 4 is 29.1 Å². The van der Waals surface area contributed by atoms with Crippen LogP contribution in [0.25, 0.3) is 0 Å². The highest BCUT2D eigenvalue weighted by Gasteiger charge is 2.09. The maximum Gasteiger partial charge on any atom is 0.309 e. The number of carboxylic acids is 1. The molecule has 5 heteroatoms. The summed E-state index contributed by atoms with van der Waals surface area (Å²) < 4.78 is 0.823. The molecule has 0 fully saturated rings. The fraction of sp³-hybridized carbons (Fsp3) is 0.286. The minimum atomic E-state index is -0.844. The number of thioether (sulfide) groups is 1. The van der Waals surface area contributed by atoms with E-state index in [0.717, 1.165) is 9.22 Å². The predicted molar refractivity (Wildman–Crippen MR) is 49.4 cm³/mol. The van der Waals surface area contributed by atoms with Gasteiger partial charge in [0, 0.05) is 11.1 Å². The molecular weight excluding hydrogens is 194 g/mol. The SMILES string of the molecule is [CH2]Sc1nc(CC(=O)O)c(C)s1. The second-order valence-corrected chi connectivity index (χ2v) is 4.33. The minimum Gasteiger partial charge on any atom is -0.481 e. The van der Waals surface area contributed by atoms with Gasteiger partial charge in [0.2, 0.25) is 0 Å². The number of thiazole rings is 1. The molecular formula is C7H8NO2S2. The molecule has 0 atom stereocenters. The van der Waals surface area contributed by atoms with Crippen molar-refractivity contribution in [1.29, 1.82) is 0 Å². The smallest absolute Gasteiger partial charge is 0.309 e. The Labute approximate surface area is 78.8 Å². The normalized spacial score (nSPS) is 10.2. The Balaban J connectivity index is 2.84. The molecule has 0 saturated heterocycles. The minimum absolute atomic E-state index is 0.00287. The van der Waals surface area contributed by atoms with Crippen LogP contribution in [0.15, 0.2) is 4.34 Å². The lowest BCUT2D eigenvalue weighted by Crippen LogP contribution is -2.01. The van der Waals surface area contributed by atoms with Gasteiger partial charge >= 0.3 is 5.97 Å². The Bertz CT molecular complexity index is 296. The van der Waals surface area contributed by atoms with Crippen LogP contribution in [0.4, 0.5) is 0 Å². The van der Waals surface area contributed by atoms with Crippen molar-refractivity contribution in [2.24, 2.45) is 0 Å². The zero-order chi connectivity index (χ0) is 9.14. The van der Waals surface area contributed by atoms with Gasteiger partial charge in [-0.3, -0.25) is 4.79 Å². The first-order valence-corrected chi connectivity index (χ1v) is 5.04. The zero-order valence-corrected chi connectivity index (χ0v) is 8.17. The van der Waals surface area contributed by atoms with E-state index in [-0.39, 0.29) is 6.42 Å². The summed E-state index contributed by atoms with van der Waals surface area (Å²) in [7, 11) is 0.